The van der Waals surface area contributed by atoms with Crippen molar-refractivity contribution in [3.63, 3.8) is 0 Å². The molecule has 53 heavy (non-hydrogen) atoms. The third kappa shape index (κ3) is 10.9. The average molecular weight is 752 g/mol. The SMILES string of the molecule is COC(=O)C(CCCCNC(=O)c1cccc(P(c2ccccc2)c2ccccc2)c1)NC(=O)c1ccc(N=NCc2ccccc2S(=O)(=O)O)nc1. The fraction of sp³-hybridized carbons (Fsp3) is 0.179. The minimum atomic E-state index is -4.41. The molecule has 2 amide bonds. The summed E-state index contributed by atoms with van der Waals surface area (Å²) in [5, 5.41) is 17.0. The van der Waals surface area contributed by atoms with Gasteiger partial charge in [0.15, 0.2) is 5.82 Å². The zero-order valence-corrected chi connectivity index (χ0v) is 30.5. The Morgan fingerprint density at radius 3 is 2.09 bits per heavy atom. The molecule has 1 heterocycles. The summed E-state index contributed by atoms with van der Waals surface area (Å²) >= 11 is 0. The van der Waals surface area contributed by atoms with Gasteiger partial charge in [-0.05, 0) is 79.0 Å². The van der Waals surface area contributed by atoms with Crippen LogP contribution in [-0.2, 0) is 26.2 Å². The molecule has 272 valence electrons. The molecule has 5 aromatic rings. The van der Waals surface area contributed by atoms with E-state index < -0.39 is 36.0 Å². The van der Waals surface area contributed by atoms with Gasteiger partial charge in [0, 0.05) is 18.3 Å². The maximum Gasteiger partial charge on any atom is 0.328 e. The van der Waals surface area contributed by atoms with E-state index in [2.05, 4.69) is 56.2 Å². The van der Waals surface area contributed by atoms with E-state index in [4.69, 9.17) is 4.74 Å². The molecule has 0 spiro atoms. The Morgan fingerprint density at radius 2 is 1.45 bits per heavy atom. The maximum atomic E-state index is 13.2. The van der Waals surface area contributed by atoms with E-state index in [9.17, 15) is 27.4 Å². The Labute approximate surface area is 309 Å². The lowest BCUT2D eigenvalue weighted by atomic mass is 10.1. The van der Waals surface area contributed by atoms with Gasteiger partial charge in [0.25, 0.3) is 21.9 Å². The number of nitrogens with zero attached hydrogens (tertiary/aromatic N) is 3. The third-order valence-electron chi connectivity index (χ3n) is 8.07. The van der Waals surface area contributed by atoms with Crippen LogP contribution in [0.1, 0.15) is 45.5 Å². The molecule has 0 saturated heterocycles. The number of rotatable bonds is 16. The number of pyridine rings is 1. The Morgan fingerprint density at radius 1 is 0.792 bits per heavy atom. The second-order valence-corrected chi connectivity index (χ2v) is 15.4. The second-order valence-electron chi connectivity index (χ2n) is 11.7. The van der Waals surface area contributed by atoms with Crippen molar-refractivity contribution in [2.75, 3.05) is 13.7 Å². The number of nitrogens with one attached hydrogen (secondary N) is 2. The van der Waals surface area contributed by atoms with Crippen LogP contribution in [0.15, 0.2) is 143 Å². The first kappa shape index (κ1) is 38.6. The molecule has 0 radical (unpaired) electrons. The summed E-state index contributed by atoms with van der Waals surface area (Å²) in [5.41, 5.74) is 0.991. The van der Waals surface area contributed by atoms with Crippen molar-refractivity contribution in [2.24, 2.45) is 10.2 Å². The molecule has 0 bridgehead atoms. The number of hydrogen-bond acceptors (Lipinski definition) is 9. The number of esters is 1. The molecule has 0 fully saturated rings. The minimum Gasteiger partial charge on any atom is -0.467 e. The lowest BCUT2D eigenvalue weighted by Gasteiger charge is -2.20. The van der Waals surface area contributed by atoms with Gasteiger partial charge >= 0.3 is 5.97 Å². The zero-order chi connectivity index (χ0) is 37.6. The quantitative estimate of drug-likeness (QED) is 0.0403. The largest absolute Gasteiger partial charge is 0.467 e. The van der Waals surface area contributed by atoms with Gasteiger partial charge in [-0.2, -0.15) is 13.5 Å². The first-order valence-corrected chi connectivity index (χ1v) is 19.5. The van der Waals surface area contributed by atoms with Crippen molar-refractivity contribution in [3.8, 4) is 0 Å². The van der Waals surface area contributed by atoms with E-state index in [1.165, 1.54) is 54.2 Å². The van der Waals surface area contributed by atoms with Gasteiger partial charge < -0.3 is 15.4 Å². The summed E-state index contributed by atoms with van der Waals surface area (Å²) in [4.78, 5) is 42.5. The van der Waals surface area contributed by atoms with Crippen LogP contribution in [0.5, 0.6) is 0 Å². The highest BCUT2D eigenvalue weighted by atomic mass is 32.2. The molecule has 0 saturated carbocycles. The molecule has 3 N–H and O–H groups in total. The number of methoxy groups -OCH3 is 1. The Kier molecular flexibility index (Phi) is 13.7. The number of carbonyl (C=O) groups is 3. The van der Waals surface area contributed by atoms with Crippen molar-refractivity contribution < 1.29 is 32.1 Å². The molecule has 12 nitrogen and oxygen atoms in total. The smallest absolute Gasteiger partial charge is 0.328 e. The highest BCUT2D eigenvalue weighted by Crippen LogP contribution is 2.32. The van der Waals surface area contributed by atoms with Crippen LogP contribution in [0.2, 0.25) is 0 Å². The highest BCUT2D eigenvalue weighted by Gasteiger charge is 2.22. The van der Waals surface area contributed by atoms with E-state index in [-0.39, 0.29) is 40.7 Å². The van der Waals surface area contributed by atoms with Crippen LogP contribution in [0.25, 0.3) is 0 Å². The molecular weight excluding hydrogens is 713 g/mol. The van der Waals surface area contributed by atoms with Gasteiger partial charge in [-0.1, -0.05) is 91.0 Å². The summed E-state index contributed by atoms with van der Waals surface area (Å²) in [5.74, 6) is -1.18. The van der Waals surface area contributed by atoms with Crippen molar-refractivity contribution >= 4 is 57.6 Å². The first-order chi connectivity index (χ1) is 25.6. The van der Waals surface area contributed by atoms with Gasteiger partial charge in [-0.25, -0.2) is 9.78 Å². The number of carbonyl (C=O) groups excluding carboxylic acids is 3. The molecule has 1 atom stereocenters. The predicted octanol–water partition coefficient (Wildman–Crippen LogP) is 5.24. The maximum absolute atomic E-state index is 13.2. The normalized spacial score (nSPS) is 12.0. The van der Waals surface area contributed by atoms with Gasteiger partial charge in [-0.15, -0.1) is 5.11 Å². The number of hydrogen-bond donors (Lipinski definition) is 3. The molecule has 5 rings (SSSR count). The Bertz CT molecular complexity index is 2110. The fourth-order valence-corrected chi connectivity index (χ4v) is 8.50. The monoisotopic (exact) mass is 751 g/mol. The van der Waals surface area contributed by atoms with Gasteiger partial charge in [0.1, 0.15) is 6.04 Å². The summed E-state index contributed by atoms with van der Waals surface area (Å²) in [6.45, 7) is 0.251. The van der Waals surface area contributed by atoms with E-state index in [0.29, 0.717) is 24.9 Å². The zero-order valence-electron chi connectivity index (χ0n) is 28.8. The lowest BCUT2D eigenvalue weighted by Crippen LogP contribution is -2.41. The van der Waals surface area contributed by atoms with Crippen molar-refractivity contribution in [3.05, 3.63) is 144 Å². The summed E-state index contributed by atoms with van der Waals surface area (Å²) in [6.07, 6.45) is 2.64. The van der Waals surface area contributed by atoms with E-state index in [1.54, 1.807) is 12.1 Å². The second kappa shape index (κ2) is 18.7. The fourth-order valence-electron chi connectivity index (χ4n) is 5.45. The van der Waals surface area contributed by atoms with Crippen LogP contribution in [0.4, 0.5) is 5.82 Å². The molecule has 1 unspecified atom stereocenters. The molecular formula is C39H38N5O7PS. The van der Waals surface area contributed by atoms with E-state index >= 15 is 0 Å². The van der Waals surface area contributed by atoms with Crippen molar-refractivity contribution in [1.82, 2.24) is 15.6 Å². The molecule has 0 aliphatic carbocycles. The number of aromatic nitrogens is 1. The molecule has 0 aliphatic rings. The number of amides is 2. The highest BCUT2D eigenvalue weighted by molar-refractivity contribution is 7.85. The molecule has 14 heteroatoms. The Balaban J connectivity index is 1.12. The molecule has 1 aromatic heterocycles. The van der Waals surface area contributed by atoms with Crippen molar-refractivity contribution in [1.29, 1.82) is 0 Å². The predicted molar refractivity (Wildman–Crippen MR) is 203 cm³/mol. The van der Waals surface area contributed by atoms with Crippen LogP contribution in [0, 0.1) is 0 Å². The van der Waals surface area contributed by atoms with E-state index in [1.807, 2.05) is 48.5 Å². The minimum absolute atomic E-state index is 0.123. The van der Waals surface area contributed by atoms with Gasteiger partial charge in [0.05, 0.1) is 24.1 Å². The number of unbranched alkanes of at least 4 members (excludes halogenated alkanes) is 1. The van der Waals surface area contributed by atoms with Gasteiger partial charge in [0.2, 0.25) is 0 Å². The molecule has 4 aromatic carbocycles. The van der Waals surface area contributed by atoms with Crippen LogP contribution >= 0.6 is 7.92 Å². The van der Waals surface area contributed by atoms with Gasteiger partial charge in [-0.3, -0.25) is 14.1 Å². The lowest BCUT2D eigenvalue weighted by molar-refractivity contribution is -0.143. The summed E-state index contributed by atoms with van der Waals surface area (Å²) in [7, 11) is -4.03. The number of benzene rings is 4. The van der Waals surface area contributed by atoms with Crippen molar-refractivity contribution in [2.45, 2.75) is 36.7 Å². The molecule has 0 aliphatic heterocycles. The van der Waals surface area contributed by atoms with Crippen LogP contribution < -0.4 is 26.5 Å². The topological polar surface area (TPSA) is 176 Å². The standard InChI is InChI=1S/C39H38N5O7PS/c1-51-39(47)34(43-38(46)30-22-23-36(41-26-30)44-42-27-29-13-8-9-21-35(29)53(48,49)50)20-10-11-24-40-37(45)28-14-12-19-33(25-28)52(31-15-4-2-5-16-31)32-17-6-3-7-18-32/h2-9,12-19,21-23,25-26,34H,10-11,20,24,27H2,1H3,(H,40,45)(H,43,46)(H,48,49,50). The number of ether oxygens (including phenoxy) is 1. The summed E-state index contributed by atoms with van der Waals surface area (Å²) in [6, 6.07) is 36.1. The number of azo groups is 1. The van der Waals surface area contributed by atoms with Crippen LogP contribution in [-0.4, -0.2) is 55.4 Å². The summed E-state index contributed by atoms with van der Waals surface area (Å²) < 4.78 is 37.5. The average Bonchev–Trinajstić information content (AvgIpc) is 3.18. The van der Waals surface area contributed by atoms with E-state index in [0.717, 1.165) is 5.30 Å². The Hall–Kier alpha value is -5.62. The first-order valence-electron chi connectivity index (χ1n) is 16.7. The van der Waals surface area contributed by atoms with Crippen LogP contribution in [0.3, 0.4) is 0 Å². The third-order valence-corrected chi connectivity index (χ3v) is 11.4.